The van der Waals surface area contributed by atoms with Crippen molar-refractivity contribution in [3.05, 3.63) is 29.6 Å². The first kappa shape index (κ1) is 25.4. The number of urea groups is 1. The molecule has 1 spiro atoms. The van der Waals surface area contributed by atoms with E-state index in [9.17, 15) is 31.9 Å². The molecule has 12 heteroatoms. The highest BCUT2D eigenvalue weighted by Crippen LogP contribution is 2.42. The third-order valence-electron chi connectivity index (χ3n) is 7.10. The zero-order valence-electron chi connectivity index (χ0n) is 19.2. The van der Waals surface area contributed by atoms with E-state index in [1.54, 1.807) is 6.92 Å². The number of piperidine rings is 1. The van der Waals surface area contributed by atoms with Gasteiger partial charge in [-0.3, -0.25) is 14.5 Å². The molecule has 1 aromatic rings. The van der Waals surface area contributed by atoms with Crippen molar-refractivity contribution in [1.29, 1.82) is 0 Å². The largest absolute Gasteiger partial charge is 0.460 e. The first-order valence-corrected chi connectivity index (χ1v) is 11.5. The average Bonchev–Trinajstić information content (AvgIpc) is 3.02. The van der Waals surface area contributed by atoms with Crippen LogP contribution >= 0.6 is 0 Å². The molecule has 35 heavy (non-hydrogen) atoms. The average molecular weight is 501 g/mol. The maximum atomic E-state index is 14.1. The molecule has 1 aromatic carbocycles. The number of benzene rings is 1. The van der Waals surface area contributed by atoms with Crippen molar-refractivity contribution in [2.75, 3.05) is 44.3 Å². The second kappa shape index (κ2) is 9.73. The monoisotopic (exact) mass is 501 g/mol. The van der Waals surface area contributed by atoms with Crippen molar-refractivity contribution >= 4 is 24.1 Å². The Morgan fingerprint density at radius 1 is 1.20 bits per heavy atom. The van der Waals surface area contributed by atoms with Crippen LogP contribution in [0, 0.1) is 11.7 Å². The number of ether oxygens (including phenoxy) is 2. The molecule has 0 radical (unpaired) electrons. The number of imide groups is 1. The molecular weight excluding hydrogens is 474 g/mol. The van der Waals surface area contributed by atoms with Crippen LogP contribution in [0.5, 0.6) is 0 Å². The molecule has 8 nitrogen and oxygen atoms in total. The zero-order chi connectivity index (χ0) is 25.4. The number of halogens is 4. The number of carbonyl (C=O) groups excluding carboxylic acids is 3. The number of carbonyl (C=O) groups is 3. The fourth-order valence-corrected chi connectivity index (χ4v) is 5.40. The van der Waals surface area contributed by atoms with Gasteiger partial charge in [0.2, 0.25) is 0 Å². The topological polar surface area (TPSA) is 79.4 Å². The lowest BCUT2D eigenvalue weighted by Gasteiger charge is -2.47. The van der Waals surface area contributed by atoms with Gasteiger partial charge in [-0.15, -0.1) is 0 Å². The van der Waals surface area contributed by atoms with Gasteiger partial charge >= 0.3 is 12.2 Å². The first-order chi connectivity index (χ1) is 16.6. The number of likely N-dealkylation sites (tertiary alicyclic amines) is 1. The van der Waals surface area contributed by atoms with Crippen molar-refractivity contribution in [2.45, 2.75) is 44.0 Å². The normalized spacial score (nSPS) is 26.6. The van der Waals surface area contributed by atoms with E-state index < -0.39 is 46.8 Å². The van der Waals surface area contributed by atoms with Gasteiger partial charge in [-0.05, 0) is 50.3 Å². The highest BCUT2D eigenvalue weighted by Gasteiger charge is 2.64. The van der Waals surface area contributed by atoms with Crippen LogP contribution in [-0.2, 0) is 25.2 Å². The van der Waals surface area contributed by atoms with E-state index in [0.717, 1.165) is 12.8 Å². The zero-order valence-corrected chi connectivity index (χ0v) is 19.2. The van der Waals surface area contributed by atoms with E-state index in [1.807, 2.05) is 0 Å². The molecule has 0 bridgehead atoms. The Morgan fingerprint density at radius 2 is 1.91 bits per heavy atom. The van der Waals surface area contributed by atoms with Crippen molar-refractivity contribution in [2.24, 2.45) is 5.92 Å². The summed E-state index contributed by atoms with van der Waals surface area (Å²) in [7, 11) is 0. The summed E-state index contributed by atoms with van der Waals surface area (Å²) in [5, 5.41) is 0. The number of nitrogens with zero attached hydrogens (tertiary/aromatic N) is 3. The molecule has 3 heterocycles. The molecule has 0 N–H and O–H groups in total. The quantitative estimate of drug-likeness (QED) is 0.339. The summed E-state index contributed by atoms with van der Waals surface area (Å²) < 4.78 is 64.7. The van der Waals surface area contributed by atoms with Crippen LogP contribution in [0.1, 0.15) is 31.7 Å². The molecule has 3 fully saturated rings. The number of hydrogen-bond donors (Lipinski definition) is 0. The number of likely N-dealkylation sites (N-methyl/N-ethyl adjacent to an activating group) is 1. The Hall–Kier alpha value is -2.73. The highest BCUT2D eigenvalue weighted by molar-refractivity contribution is 6.23. The van der Waals surface area contributed by atoms with Crippen LogP contribution in [0.4, 0.5) is 28.0 Å². The number of amides is 3. The van der Waals surface area contributed by atoms with Crippen molar-refractivity contribution in [3.63, 3.8) is 0 Å². The molecule has 2 atom stereocenters. The third-order valence-corrected chi connectivity index (χ3v) is 7.10. The molecule has 0 saturated carbocycles. The van der Waals surface area contributed by atoms with Crippen LogP contribution in [0.2, 0.25) is 0 Å². The van der Waals surface area contributed by atoms with Gasteiger partial charge in [-0.25, -0.2) is 14.1 Å². The molecular formula is C23H27F4N3O5. The van der Waals surface area contributed by atoms with Gasteiger partial charge in [0, 0.05) is 39.4 Å². The van der Waals surface area contributed by atoms with Crippen LogP contribution in [0.3, 0.4) is 0 Å². The Balaban J connectivity index is 1.66. The maximum absolute atomic E-state index is 14.1. The summed E-state index contributed by atoms with van der Waals surface area (Å²) in [4.78, 5) is 42.3. The summed E-state index contributed by atoms with van der Waals surface area (Å²) in [5.41, 5.74) is -3.43. The summed E-state index contributed by atoms with van der Waals surface area (Å²) in [6.07, 6.45) is -4.03. The Kier molecular flexibility index (Phi) is 7.05. The lowest BCUT2D eigenvalue weighted by Crippen LogP contribution is -2.66. The minimum Gasteiger partial charge on any atom is -0.460 e. The summed E-state index contributed by atoms with van der Waals surface area (Å²) in [5.74, 6) is -1.69. The minimum atomic E-state index is -4.87. The molecule has 3 saturated heterocycles. The van der Waals surface area contributed by atoms with Crippen molar-refractivity contribution < 1.29 is 41.4 Å². The second-order valence-electron chi connectivity index (χ2n) is 9.07. The van der Waals surface area contributed by atoms with E-state index in [2.05, 4.69) is 4.90 Å². The highest BCUT2D eigenvalue weighted by atomic mass is 19.4. The first-order valence-electron chi connectivity index (χ1n) is 11.5. The summed E-state index contributed by atoms with van der Waals surface area (Å²) in [6, 6.07) is 0.707. The predicted molar refractivity (Wildman–Crippen MR) is 115 cm³/mol. The van der Waals surface area contributed by atoms with E-state index in [0.29, 0.717) is 55.3 Å². The van der Waals surface area contributed by atoms with Gasteiger partial charge < -0.3 is 14.4 Å². The summed E-state index contributed by atoms with van der Waals surface area (Å²) >= 11 is 0. The van der Waals surface area contributed by atoms with Gasteiger partial charge in [0.05, 0.1) is 11.3 Å². The standard InChI is InChI=1S/C23H27F4N3O5/c1-2-29-21(33)30(18-10-16(23(25,26)27)9-17(24)11-18)20(32)22(29)5-6-28(13-19(22)35-14-31)12-15-3-7-34-8-4-15/h9-11,14-15,19H,2-8,12-13H2,1H3. The third kappa shape index (κ3) is 4.61. The fourth-order valence-electron chi connectivity index (χ4n) is 5.40. The molecule has 3 aliphatic heterocycles. The van der Waals surface area contributed by atoms with Gasteiger partial charge in [-0.1, -0.05) is 0 Å². The smallest absolute Gasteiger partial charge is 0.416 e. The Labute approximate surface area is 199 Å². The molecule has 3 aliphatic rings. The predicted octanol–water partition coefficient (Wildman–Crippen LogP) is 3.05. The summed E-state index contributed by atoms with van der Waals surface area (Å²) in [6.45, 7) is 4.49. The molecule has 0 aliphatic carbocycles. The van der Waals surface area contributed by atoms with Gasteiger partial charge in [-0.2, -0.15) is 13.2 Å². The van der Waals surface area contributed by atoms with Crippen LogP contribution in [0.25, 0.3) is 0 Å². The molecule has 0 aromatic heterocycles. The molecule has 192 valence electrons. The number of rotatable bonds is 6. The SMILES string of the molecule is CCN1C(=O)N(c2cc(F)cc(C(F)(F)F)c2)C(=O)C12CCN(CC1CCOCC1)CC2OC=O. The van der Waals surface area contributed by atoms with E-state index >= 15 is 0 Å². The van der Waals surface area contributed by atoms with Crippen molar-refractivity contribution in [1.82, 2.24) is 9.80 Å². The lowest BCUT2D eigenvalue weighted by molar-refractivity contribution is -0.154. The number of anilines is 1. The van der Waals surface area contributed by atoms with Crippen molar-refractivity contribution in [3.8, 4) is 0 Å². The Bertz CT molecular complexity index is 984. The number of alkyl halides is 3. The second-order valence-corrected chi connectivity index (χ2v) is 9.07. The van der Waals surface area contributed by atoms with Crippen LogP contribution in [-0.4, -0.2) is 79.2 Å². The van der Waals surface area contributed by atoms with E-state index in [-0.39, 0.29) is 26.0 Å². The van der Waals surface area contributed by atoms with Crippen LogP contribution < -0.4 is 4.90 Å². The minimum absolute atomic E-state index is 0.0429. The van der Waals surface area contributed by atoms with E-state index in [1.165, 1.54) is 4.90 Å². The molecule has 3 amide bonds. The number of hydrogen-bond acceptors (Lipinski definition) is 6. The van der Waals surface area contributed by atoms with Gasteiger partial charge in [0.1, 0.15) is 11.9 Å². The van der Waals surface area contributed by atoms with Crippen LogP contribution in [0.15, 0.2) is 18.2 Å². The maximum Gasteiger partial charge on any atom is 0.416 e. The lowest BCUT2D eigenvalue weighted by atomic mass is 9.82. The molecule has 2 unspecified atom stereocenters. The van der Waals surface area contributed by atoms with Gasteiger partial charge in [0.15, 0.2) is 5.54 Å². The Morgan fingerprint density at radius 3 is 2.54 bits per heavy atom. The molecule has 4 rings (SSSR count). The van der Waals surface area contributed by atoms with E-state index in [4.69, 9.17) is 9.47 Å². The fraction of sp³-hybridized carbons (Fsp3) is 0.609. The van der Waals surface area contributed by atoms with Gasteiger partial charge in [0.25, 0.3) is 12.4 Å².